The second-order valence-corrected chi connectivity index (χ2v) is 7.46. The highest BCUT2D eigenvalue weighted by molar-refractivity contribution is 7.89. The molecular formula is C15H25N3O2S. The molecule has 1 saturated heterocycles. The predicted octanol–water partition coefficient (Wildman–Crippen LogP) is 1.68. The average Bonchev–Trinajstić information content (AvgIpc) is 2.90. The summed E-state index contributed by atoms with van der Waals surface area (Å²) >= 11 is 0. The van der Waals surface area contributed by atoms with Gasteiger partial charge in [0.1, 0.15) is 0 Å². The van der Waals surface area contributed by atoms with Crippen LogP contribution in [0.25, 0.3) is 0 Å². The molecule has 21 heavy (non-hydrogen) atoms. The van der Waals surface area contributed by atoms with Crippen molar-refractivity contribution < 1.29 is 8.42 Å². The van der Waals surface area contributed by atoms with Gasteiger partial charge in [0, 0.05) is 24.8 Å². The fourth-order valence-electron chi connectivity index (χ4n) is 3.07. The maximum atomic E-state index is 12.8. The van der Waals surface area contributed by atoms with E-state index in [0.717, 1.165) is 19.5 Å². The second kappa shape index (κ2) is 6.34. The molecule has 6 heteroatoms. The zero-order valence-electron chi connectivity index (χ0n) is 13.0. The van der Waals surface area contributed by atoms with E-state index in [0.29, 0.717) is 35.3 Å². The summed E-state index contributed by atoms with van der Waals surface area (Å²) in [6.07, 6.45) is 0.898. The first-order valence-corrected chi connectivity index (χ1v) is 8.94. The average molecular weight is 311 g/mol. The minimum atomic E-state index is -3.42. The first-order valence-electron chi connectivity index (χ1n) is 7.50. The number of aryl methyl sites for hydroxylation is 1. The Kier molecular flexibility index (Phi) is 4.91. The third-order valence-corrected chi connectivity index (χ3v) is 6.30. The molecule has 0 amide bonds. The molecule has 118 valence electrons. The Labute approximate surface area is 127 Å². The Balaban J connectivity index is 2.22. The number of hydrogen-bond acceptors (Lipinski definition) is 4. The SMILES string of the molecule is CCN(CC)C1CCN(S(=O)(=O)c2ccc(N)cc2C)C1. The normalized spacial score (nSPS) is 20.3. The lowest BCUT2D eigenvalue weighted by Gasteiger charge is -2.26. The number of sulfonamides is 1. The Bertz CT molecular complexity index is 597. The van der Waals surface area contributed by atoms with Crippen LogP contribution in [0.5, 0.6) is 0 Å². The molecule has 0 aliphatic carbocycles. The van der Waals surface area contributed by atoms with Crippen LogP contribution in [-0.4, -0.2) is 49.8 Å². The molecular weight excluding hydrogens is 286 g/mol. The van der Waals surface area contributed by atoms with Gasteiger partial charge >= 0.3 is 0 Å². The van der Waals surface area contributed by atoms with E-state index in [9.17, 15) is 8.42 Å². The van der Waals surface area contributed by atoms with E-state index in [4.69, 9.17) is 5.73 Å². The number of benzene rings is 1. The Hall–Kier alpha value is -1.11. The number of nitrogen functional groups attached to an aromatic ring is 1. The lowest BCUT2D eigenvalue weighted by Crippen LogP contribution is -2.38. The lowest BCUT2D eigenvalue weighted by atomic mass is 10.2. The summed E-state index contributed by atoms with van der Waals surface area (Å²) in [6.45, 7) is 9.10. The third-order valence-electron chi connectivity index (χ3n) is 4.27. The molecule has 1 heterocycles. The molecule has 1 aliphatic heterocycles. The number of nitrogens with zero attached hydrogens (tertiary/aromatic N) is 2. The van der Waals surface area contributed by atoms with Crippen molar-refractivity contribution in [3.05, 3.63) is 23.8 Å². The highest BCUT2D eigenvalue weighted by atomic mass is 32.2. The maximum absolute atomic E-state index is 12.8. The lowest BCUT2D eigenvalue weighted by molar-refractivity contribution is 0.224. The van der Waals surface area contributed by atoms with E-state index >= 15 is 0 Å². The second-order valence-electron chi connectivity index (χ2n) is 5.55. The van der Waals surface area contributed by atoms with Crippen LogP contribution in [-0.2, 0) is 10.0 Å². The van der Waals surface area contributed by atoms with Crippen molar-refractivity contribution in [2.45, 2.75) is 38.1 Å². The van der Waals surface area contributed by atoms with E-state index in [1.807, 2.05) is 0 Å². The fraction of sp³-hybridized carbons (Fsp3) is 0.600. The molecule has 0 spiro atoms. The minimum Gasteiger partial charge on any atom is -0.399 e. The molecule has 1 unspecified atom stereocenters. The van der Waals surface area contributed by atoms with E-state index in [-0.39, 0.29) is 0 Å². The predicted molar refractivity (Wildman–Crippen MR) is 85.7 cm³/mol. The van der Waals surface area contributed by atoms with Crippen molar-refractivity contribution >= 4 is 15.7 Å². The van der Waals surface area contributed by atoms with Gasteiger partial charge < -0.3 is 5.73 Å². The van der Waals surface area contributed by atoms with E-state index in [2.05, 4.69) is 18.7 Å². The smallest absolute Gasteiger partial charge is 0.243 e. The van der Waals surface area contributed by atoms with Gasteiger partial charge in [-0.25, -0.2) is 8.42 Å². The van der Waals surface area contributed by atoms with Crippen molar-refractivity contribution in [3.63, 3.8) is 0 Å². The summed E-state index contributed by atoms with van der Waals surface area (Å²) in [4.78, 5) is 2.70. The van der Waals surface area contributed by atoms with Crippen molar-refractivity contribution in [1.82, 2.24) is 9.21 Å². The van der Waals surface area contributed by atoms with Crippen molar-refractivity contribution in [2.75, 3.05) is 31.9 Å². The molecule has 2 N–H and O–H groups in total. The van der Waals surface area contributed by atoms with E-state index in [1.165, 1.54) is 0 Å². The van der Waals surface area contributed by atoms with Gasteiger partial charge in [-0.3, -0.25) is 4.90 Å². The van der Waals surface area contributed by atoms with Gasteiger partial charge in [-0.2, -0.15) is 4.31 Å². The summed E-state index contributed by atoms with van der Waals surface area (Å²) in [5.74, 6) is 0. The van der Waals surface area contributed by atoms with Gasteiger partial charge in [0.25, 0.3) is 0 Å². The summed E-state index contributed by atoms with van der Waals surface area (Å²) in [5.41, 5.74) is 7.01. The number of rotatable bonds is 5. The zero-order chi connectivity index (χ0) is 15.6. The van der Waals surface area contributed by atoms with Crippen LogP contribution in [0.4, 0.5) is 5.69 Å². The molecule has 0 bridgehead atoms. The Morgan fingerprint density at radius 1 is 1.33 bits per heavy atom. The summed E-state index contributed by atoms with van der Waals surface area (Å²) in [6, 6.07) is 5.30. The molecule has 1 fully saturated rings. The van der Waals surface area contributed by atoms with Crippen LogP contribution in [0.1, 0.15) is 25.8 Å². The molecule has 1 aromatic carbocycles. The van der Waals surface area contributed by atoms with Crippen molar-refractivity contribution in [3.8, 4) is 0 Å². The van der Waals surface area contributed by atoms with Gasteiger partial charge in [-0.1, -0.05) is 13.8 Å². The monoisotopic (exact) mass is 311 g/mol. The van der Waals surface area contributed by atoms with Crippen LogP contribution >= 0.6 is 0 Å². The highest BCUT2D eigenvalue weighted by Gasteiger charge is 2.35. The largest absolute Gasteiger partial charge is 0.399 e. The molecule has 2 rings (SSSR count). The molecule has 0 saturated carbocycles. The van der Waals surface area contributed by atoms with Gasteiger partial charge in [-0.05, 0) is 50.2 Å². The van der Waals surface area contributed by atoms with Crippen LogP contribution in [0.15, 0.2) is 23.1 Å². The molecule has 0 aromatic heterocycles. The molecule has 1 aromatic rings. The van der Waals surface area contributed by atoms with Gasteiger partial charge in [0.15, 0.2) is 0 Å². The highest BCUT2D eigenvalue weighted by Crippen LogP contribution is 2.26. The van der Waals surface area contributed by atoms with E-state index < -0.39 is 10.0 Å². The fourth-order valence-corrected chi connectivity index (χ4v) is 4.77. The number of anilines is 1. The zero-order valence-corrected chi connectivity index (χ0v) is 13.9. The van der Waals surface area contributed by atoms with Gasteiger partial charge in [0.05, 0.1) is 4.90 Å². The standard InChI is InChI=1S/C15H25N3O2S/c1-4-17(5-2)14-8-9-18(11-14)21(19,20)15-7-6-13(16)10-12(15)3/h6-7,10,14H,4-5,8-9,11,16H2,1-3H3. The number of likely N-dealkylation sites (N-methyl/N-ethyl adjacent to an activating group) is 1. The van der Waals surface area contributed by atoms with Crippen LogP contribution in [0.3, 0.4) is 0 Å². The Morgan fingerprint density at radius 2 is 2.00 bits per heavy atom. The minimum absolute atomic E-state index is 0.323. The maximum Gasteiger partial charge on any atom is 0.243 e. The topological polar surface area (TPSA) is 66.6 Å². The van der Waals surface area contributed by atoms with Crippen molar-refractivity contribution in [2.24, 2.45) is 0 Å². The summed E-state index contributed by atoms with van der Waals surface area (Å²) in [5, 5.41) is 0. The first-order chi connectivity index (χ1) is 9.90. The van der Waals surface area contributed by atoms with Crippen LogP contribution in [0.2, 0.25) is 0 Å². The van der Waals surface area contributed by atoms with Gasteiger partial charge in [0.2, 0.25) is 10.0 Å². The quantitative estimate of drug-likeness (QED) is 0.840. The molecule has 5 nitrogen and oxygen atoms in total. The van der Waals surface area contributed by atoms with Gasteiger partial charge in [-0.15, -0.1) is 0 Å². The molecule has 1 atom stereocenters. The molecule has 0 radical (unpaired) electrons. The van der Waals surface area contributed by atoms with Crippen molar-refractivity contribution in [1.29, 1.82) is 0 Å². The summed E-state index contributed by atoms with van der Waals surface area (Å²) < 4.78 is 27.2. The number of nitrogens with two attached hydrogens (primary N) is 1. The molecule has 1 aliphatic rings. The summed E-state index contributed by atoms with van der Waals surface area (Å²) in [7, 11) is -3.42. The van der Waals surface area contributed by atoms with E-state index in [1.54, 1.807) is 29.4 Å². The Morgan fingerprint density at radius 3 is 2.57 bits per heavy atom. The van der Waals surface area contributed by atoms with Crippen LogP contribution < -0.4 is 5.73 Å². The third kappa shape index (κ3) is 3.22. The first kappa shape index (κ1) is 16.3. The van der Waals surface area contributed by atoms with Crippen LogP contribution in [0, 0.1) is 6.92 Å². The number of hydrogen-bond donors (Lipinski definition) is 1.